The Bertz CT molecular complexity index is 1070. The van der Waals surface area contributed by atoms with E-state index in [9.17, 15) is 9.90 Å². The van der Waals surface area contributed by atoms with Crippen molar-refractivity contribution in [1.29, 1.82) is 0 Å². The molecule has 0 bridgehead atoms. The number of aryl methyl sites for hydroxylation is 3. The minimum atomic E-state index is 0.0567. The van der Waals surface area contributed by atoms with E-state index in [1.165, 1.54) is 38.2 Å². The second-order valence-electron chi connectivity index (χ2n) is 9.39. The molecule has 0 radical (unpaired) electrons. The molecule has 2 heteroatoms. The minimum Gasteiger partial charge on any atom is -0.392 e. The van der Waals surface area contributed by atoms with Gasteiger partial charge in [-0.1, -0.05) is 50.6 Å². The molecule has 3 rings (SSSR count). The quantitative estimate of drug-likeness (QED) is 0.461. The third-order valence-corrected chi connectivity index (χ3v) is 6.29. The van der Waals surface area contributed by atoms with Crippen LogP contribution in [0.1, 0.15) is 68.4 Å². The van der Waals surface area contributed by atoms with Gasteiger partial charge in [0.25, 0.3) is 0 Å². The maximum Gasteiger partial charge on any atom is 0.129 e. The Morgan fingerprint density at radius 3 is 2.28 bits per heavy atom. The summed E-state index contributed by atoms with van der Waals surface area (Å²) in [5.41, 5.74) is 6.26. The van der Waals surface area contributed by atoms with Crippen molar-refractivity contribution >= 4 is 27.3 Å². The van der Waals surface area contributed by atoms with Crippen LogP contribution in [0.2, 0.25) is 0 Å². The van der Waals surface area contributed by atoms with E-state index in [1.807, 2.05) is 0 Å². The second kappa shape index (κ2) is 8.28. The monoisotopic (exact) mass is 390 g/mol. The largest absolute Gasteiger partial charge is 0.392 e. The summed E-state index contributed by atoms with van der Waals surface area (Å²) in [5, 5.41) is 14.9. The van der Waals surface area contributed by atoms with Gasteiger partial charge in [-0.25, -0.2) is 0 Å². The van der Waals surface area contributed by atoms with Crippen molar-refractivity contribution in [2.75, 3.05) is 0 Å². The fourth-order valence-corrected chi connectivity index (χ4v) is 4.55. The second-order valence-corrected chi connectivity index (χ2v) is 9.39. The summed E-state index contributed by atoms with van der Waals surface area (Å²) in [7, 11) is 0. The number of rotatable bonds is 7. The van der Waals surface area contributed by atoms with E-state index in [1.54, 1.807) is 6.92 Å². The van der Waals surface area contributed by atoms with E-state index in [0.29, 0.717) is 6.42 Å². The minimum absolute atomic E-state index is 0.0567. The summed E-state index contributed by atoms with van der Waals surface area (Å²) in [4.78, 5) is 11.6. The molecule has 0 saturated heterocycles. The van der Waals surface area contributed by atoms with Crippen molar-refractivity contribution in [3.8, 4) is 0 Å². The number of hydrogen-bond donors (Lipinski definition) is 1. The van der Waals surface area contributed by atoms with E-state index in [0.717, 1.165) is 30.4 Å². The predicted octanol–water partition coefficient (Wildman–Crippen LogP) is 6.60. The van der Waals surface area contributed by atoms with Gasteiger partial charge in [0.05, 0.1) is 6.61 Å². The molecule has 2 nitrogen and oxygen atoms in total. The smallest absolute Gasteiger partial charge is 0.129 e. The summed E-state index contributed by atoms with van der Waals surface area (Å²) in [6.45, 7) is 12.8. The molecule has 0 aliphatic heterocycles. The number of aliphatic hydroxyl groups is 1. The van der Waals surface area contributed by atoms with Crippen molar-refractivity contribution in [1.82, 2.24) is 0 Å². The summed E-state index contributed by atoms with van der Waals surface area (Å²) in [6.07, 6.45) is 3.47. The molecule has 29 heavy (non-hydrogen) atoms. The van der Waals surface area contributed by atoms with Gasteiger partial charge in [0.15, 0.2) is 0 Å². The lowest BCUT2D eigenvalue weighted by Crippen LogP contribution is -2.18. The van der Waals surface area contributed by atoms with E-state index < -0.39 is 0 Å². The molecule has 0 aromatic heterocycles. The number of Topliss-reactive ketones (excluding diaryl/α,β-unsaturated/α-hetero) is 1. The zero-order valence-electron chi connectivity index (χ0n) is 18.8. The molecule has 0 aliphatic carbocycles. The molecule has 0 atom stereocenters. The molecule has 0 heterocycles. The molecule has 0 saturated carbocycles. The van der Waals surface area contributed by atoms with Gasteiger partial charge in [-0.05, 0) is 95.3 Å². The van der Waals surface area contributed by atoms with Crippen LogP contribution in [0, 0.1) is 19.3 Å². The Labute approximate surface area is 174 Å². The highest BCUT2D eigenvalue weighted by Crippen LogP contribution is 2.39. The van der Waals surface area contributed by atoms with Crippen molar-refractivity contribution in [2.24, 2.45) is 5.41 Å². The van der Waals surface area contributed by atoms with Crippen LogP contribution < -0.4 is 0 Å². The molecule has 3 aromatic rings. The molecule has 0 amide bonds. The lowest BCUT2D eigenvalue weighted by Gasteiger charge is -2.28. The van der Waals surface area contributed by atoms with Crippen LogP contribution in [0.3, 0.4) is 0 Å². The molecule has 0 spiro atoms. The summed E-state index contributed by atoms with van der Waals surface area (Å²) in [6, 6.07) is 11.2. The van der Waals surface area contributed by atoms with Crippen LogP contribution in [0.4, 0.5) is 0 Å². The lowest BCUT2D eigenvalue weighted by atomic mass is 9.77. The van der Waals surface area contributed by atoms with Crippen molar-refractivity contribution in [3.63, 3.8) is 0 Å². The maximum atomic E-state index is 11.6. The molecule has 3 aromatic carbocycles. The standard InChI is InChI=1S/C27H34O2/c1-7-21-24-13-18(3)20(16-28)14-25(24)23-12-17(2)8-9-22(23)26(21)15-27(5,6)11-10-19(4)29/h8-9,12-14,28H,7,10-11,15-16H2,1-6H3. The van der Waals surface area contributed by atoms with Crippen LogP contribution in [0.5, 0.6) is 0 Å². The number of fused-ring (bicyclic) bond motifs is 3. The van der Waals surface area contributed by atoms with E-state index in [4.69, 9.17) is 0 Å². The van der Waals surface area contributed by atoms with Gasteiger partial charge in [0.1, 0.15) is 5.78 Å². The van der Waals surface area contributed by atoms with Crippen LogP contribution in [-0.4, -0.2) is 10.9 Å². The van der Waals surface area contributed by atoms with Crippen molar-refractivity contribution in [3.05, 3.63) is 58.1 Å². The number of hydrogen-bond acceptors (Lipinski definition) is 2. The molecule has 0 aliphatic rings. The average molecular weight is 391 g/mol. The number of ketones is 1. The Hall–Kier alpha value is -2.19. The van der Waals surface area contributed by atoms with Crippen LogP contribution in [-0.2, 0) is 24.2 Å². The zero-order chi connectivity index (χ0) is 21.3. The Kier molecular flexibility index (Phi) is 6.14. The van der Waals surface area contributed by atoms with Gasteiger partial charge >= 0.3 is 0 Å². The molecule has 1 N–H and O–H groups in total. The average Bonchev–Trinajstić information content (AvgIpc) is 2.66. The SMILES string of the molecule is CCc1c(CC(C)(C)CCC(C)=O)c2ccc(C)cc2c2cc(CO)c(C)cc12. The number of aliphatic hydroxyl groups excluding tert-OH is 1. The lowest BCUT2D eigenvalue weighted by molar-refractivity contribution is -0.117. The number of carbonyl (C=O) groups is 1. The normalized spacial score (nSPS) is 12.1. The van der Waals surface area contributed by atoms with Crippen molar-refractivity contribution < 1.29 is 9.90 Å². The highest BCUT2D eigenvalue weighted by Gasteiger charge is 2.24. The third kappa shape index (κ3) is 4.38. The van der Waals surface area contributed by atoms with Gasteiger partial charge in [-0.15, -0.1) is 0 Å². The van der Waals surface area contributed by atoms with Crippen molar-refractivity contribution in [2.45, 2.75) is 73.8 Å². The maximum absolute atomic E-state index is 11.6. The van der Waals surface area contributed by atoms with Gasteiger partial charge in [0.2, 0.25) is 0 Å². The molecular weight excluding hydrogens is 356 g/mol. The highest BCUT2D eigenvalue weighted by atomic mass is 16.3. The third-order valence-electron chi connectivity index (χ3n) is 6.29. The van der Waals surface area contributed by atoms with E-state index in [-0.39, 0.29) is 17.8 Å². The van der Waals surface area contributed by atoms with Gasteiger partial charge in [-0.2, -0.15) is 0 Å². The molecule has 0 unspecified atom stereocenters. The Balaban J connectivity index is 2.31. The molecule has 154 valence electrons. The topological polar surface area (TPSA) is 37.3 Å². The predicted molar refractivity (Wildman–Crippen MR) is 124 cm³/mol. The summed E-state index contributed by atoms with van der Waals surface area (Å²) < 4.78 is 0. The first-order valence-electron chi connectivity index (χ1n) is 10.7. The number of benzene rings is 3. The van der Waals surface area contributed by atoms with Crippen LogP contribution in [0.25, 0.3) is 21.5 Å². The fourth-order valence-electron chi connectivity index (χ4n) is 4.55. The van der Waals surface area contributed by atoms with E-state index >= 15 is 0 Å². The van der Waals surface area contributed by atoms with Gasteiger partial charge in [-0.3, -0.25) is 0 Å². The van der Waals surface area contributed by atoms with Gasteiger partial charge in [0, 0.05) is 6.42 Å². The first kappa shape index (κ1) is 21.5. The Morgan fingerprint density at radius 2 is 1.66 bits per heavy atom. The first-order chi connectivity index (χ1) is 13.7. The van der Waals surface area contributed by atoms with Gasteiger partial charge < -0.3 is 9.90 Å². The summed E-state index contributed by atoms with van der Waals surface area (Å²) in [5.74, 6) is 0.264. The Morgan fingerprint density at radius 1 is 0.966 bits per heavy atom. The van der Waals surface area contributed by atoms with E-state index in [2.05, 4.69) is 65.0 Å². The first-order valence-corrected chi connectivity index (χ1v) is 10.7. The fraction of sp³-hybridized carbons (Fsp3) is 0.444. The summed E-state index contributed by atoms with van der Waals surface area (Å²) >= 11 is 0. The number of carbonyl (C=O) groups excluding carboxylic acids is 1. The van der Waals surface area contributed by atoms with Crippen LogP contribution in [0.15, 0.2) is 30.3 Å². The molecular formula is C27H34O2. The zero-order valence-corrected chi connectivity index (χ0v) is 18.8. The highest BCUT2D eigenvalue weighted by molar-refractivity contribution is 6.11. The van der Waals surface area contributed by atoms with Crippen LogP contribution >= 0.6 is 0 Å². The molecule has 0 fully saturated rings.